The van der Waals surface area contributed by atoms with Crippen LogP contribution in [0.4, 0.5) is 0 Å². The molecule has 0 spiro atoms. The van der Waals surface area contributed by atoms with Crippen LogP contribution in [0, 0.1) is 5.92 Å². The van der Waals surface area contributed by atoms with Gasteiger partial charge in [0.2, 0.25) is 41.4 Å². The van der Waals surface area contributed by atoms with E-state index in [0.29, 0.717) is 5.56 Å². The van der Waals surface area contributed by atoms with Crippen LogP contribution in [0.1, 0.15) is 62.6 Å². The van der Waals surface area contributed by atoms with Gasteiger partial charge in [0.25, 0.3) is 0 Å². The number of nitrogens with one attached hydrogen (secondary N) is 6. The van der Waals surface area contributed by atoms with Crippen LogP contribution in [0.15, 0.2) is 91.0 Å². The van der Waals surface area contributed by atoms with E-state index in [0.717, 1.165) is 11.1 Å². The Labute approximate surface area is 343 Å². The molecule has 0 saturated carbocycles. The summed E-state index contributed by atoms with van der Waals surface area (Å²) in [6, 6.07) is 21.4. The summed E-state index contributed by atoms with van der Waals surface area (Å²) in [7, 11) is 0. The molecule has 0 aliphatic carbocycles. The minimum Gasteiger partial charge on any atom is -0.461 e. The quantitative estimate of drug-likeness (QED) is 0.0711. The van der Waals surface area contributed by atoms with E-state index >= 15 is 0 Å². The maximum Gasteiger partial charge on any atom is 0.306 e. The minimum atomic E-state index is -1.23. The molecule has 4 rings (SSSR count). The van der Waals surface area contributed by atoms with Gasteiger partial charge in [-0.25, -0.2) is 0 Å². The maximum absolute atomic E-state index is 13.9. The first kappa shape index (κ1) is 45.1. The molecule has 3 aromatic rings. The number of nitrogens with two attached hydrogens (primary N) is 1. The van der Waals surface area contributed by atoms with Gasteiger partial charge in [0.15, 0.2) is 0 Å². The number of esters is 1. The molecule has 0 aromatic heterocycles. The zero-order valence-electron chi connectivity index (χ0n) is 33.2. The number of rotatable bonds is 22. The number of primary amides is 1. The highest BCUT2D eigenvalue weighted by atomic mass is 16.5. The number of amides is 7. The lowest BCUT2D eigenvalue weighted by molar-refractivity contribution is -0.145. The van der Waals surface area contributed by atoms with Gasteiger partial charge in [-0.15, -0.1) is 0 Å². The fourth-order valence-electron chi connectivity index (χ4n) is 6.34. The molecule has 16 nitrogen and oxygen atoms in total. The molecule has 1 fully saturated rings. The number of carbonyl (C=O) groups is 8. The third-order valence-corrected chi connectivity index (χ3v) is 9.46. The van der Waals surface area contributed by atoms with E-state index in [1.165, 1.54) is 0 Å². The summed E-state index contributed by atoms with van der Waals surface area (Å²) in [6.07, 6.45) is 0.435. The fraction of sp³-hybridized carbons (Fsp3) is 0.395. The molecular formula is C43H53N7O9. The smallest absolute Gasteiger partial charge is 0.306 e. The molecule has 5 atom stereocenters. The Balaban J connectivity index is 1.38. The molecule has 1 aliphatic rings. The van der Waals surface area contributed by atoms with Crippen LogP contribution in [-0.2, 0) is 62.5 Å². The van der Waals surface area contributed by atoms with E-state index in [1.54, 1.807) is 78.9 Å². The van der Waals surface area contributed by atoms with Gasteiger partial charge < -0.3 is 42.4 Å². The molecule has 3 aromatic carbocycles. The molecule has 16 heteroatoms. The third kappa shape index (κ3) is 15.7. The molecule has 1 aliphatic heterocycles. The number of carbonyl (C=O) groups excluding carboxylic acids is 8. The predicted octanol–water partition coefficient (Wildman–Crippen LogP) is 0.861. The zero-order valence-corrected chi connectivity index (χ0v) is 33.2. The first-order chi connectivity index (χ1) is 28.3. The van der Waals surface area contributed by atoms with Crippen LogP contribution in [0.3, 0.4) is 0 Å². The number of benzene rings is 3. The van der Waals surface area contributed by atoms with Crippen molar-refractivity contribution in [3.05, 3.63) is 108 Å². The second kappa shape index (κ2) is 23.0. The van der Waals surface area contributed by atoms with E-state index in [1.807, 2.05) is 26.0 Å². The lowest BCUT2D eigenvalue weighted by Gasteiger charge is -2.25. The van der Waals surface area contributed by atoms with Crippen LogP contribution in [-0.4, -0.2) is 84.1 Å². The molecule has 0 unspecified atom stereocenters. The van der Waals surface area contributed by atoms with Gasteiger partial charge in [0.05, 0.1) is 6.54 Å². The molecular weight excluding hydrogens is 759 g/mol. The second-order valence-electron chi connectivity index (χ2n) is 14.8. The van der Waals surface area contributed by atoms with Crippen molar-refractivity contribution in [1.29, 1.82) is 0 Å². The zero-order chi connectivity index (χ0) is 42.7. The summed E-state index contributed by atoms with van der Waals surface area (Å²) in [4.78, 5) is 104. The molecule has 8 N–H and O–H groups in total. The second-order valence-corrected chi connectivity index (χ2v) is 14.8. The Morgan fingerprint density at radius 3 is 1.75 bits per heavy atom. The van der Waals surface area contributed by atoms with E-state index in [2.05, 4.69) is 31.9 Å². The van der Waals surface area contributed by atoms with Gasteiger partial charge >= 0.3 is 5.97 Å². The predicted molar refractivity (Wildman–Crippen MR) is 216 cm³/mol. The van der Waals surface area contributed by atoms with Gasteiger partial charge in [-0.3, -0.25) is 38.4 Å². The summed E-state index contributed by atoms with van der Waals surface area (Å²) in [5.41, 5.74) is 7.78. The summed E-state index contributed by atoms with van der Waals surface area (Å²) in [5.74, 6) is -5.14. The summed E-state index contributed by atoms with van der Waals surface area (Å²) >= 11 is 0. The van der Waals surface area contributed by atoms with Crippen molar-refractivity contribution in [3.8, 4) is 0 Å². The number of hydrogen-bond acceptors (Lipinski definition) is 9. The van der Waals surface area contributed by atoms with Crippen LogP contribution in [0.2, 0.25) is 0 Å². The first-order valence-electron chi connectivity index (χ1n) is 19.6. The van der Waals surface area contributed by atoms with Crippen molar-refractivity contribution in [1.82, 2.24) is 31.9 Å². The van der Waals surface area contributed by atoms with Gasteiger partial charge in [0, 0.05) is 25.7 Å². The highest BCUT2D eigenvalue weighted by Crippen LogP contribution is 2.12. The van der Waals surface area contributed by atoms with Crippen molar-refractivity contribution in [2.24, 2.45) is 11.7 Å². The van der Waals surface area contributed by atoms with Gasteiger partial charge in [0.1, 0.15) is 36.8 Å². The summed E-state index contributed by atoms with van der Waals surface area (Å²) < 4.78 is 5.26. The van der Waals surface area contributed by atoms with Crippen molar-refractivity contribution in [2.75, 3.05) is 6.54 Å². The standard InChI is InChI=1S/C43H53N7O9/c1-27(2)22-33(42(57)48-31(39(44)54)19-21-38(53)59-26-30-16-10-5-11-17-30)47-37(52)25-45-40(55)34(23-28-12-6-3-7-13-28)49-43(58)35(24-29-14-8-4-9-15-29)50-41(56)32-18-20-36(51)46-32/h3-17,27,31-35H,18-26H2,1-2H3,(H2,44,54)(H,45,55)(H,46,51)(H,47,52)(H,48,57)(H,49,58)(H,50,56)/t31-,32-,33-,34-,35-/m0/s1. The topological polar surface area (TPSA) is 244 Å². The molecule has 1 heterocycles. The molecule has 0 radical (unpaired) electrons. The van der Waals surface area contributed by atoms with Crippen LogP contribution < -0.4 is 37.6 Å². The third-order valence-electron chi connectivity index (χ3n) is 9.46. The monoisotopic (exact) mass is 811 g/mol. The molecule has 314 valence electrons. The van der Waals surface area contributed by atoms with Crippen LogP contribution in [0.5, 0.6) is 0 Å². The van der Waals surface area contributed by atoms with E-state index in [-0.39, 0.29) is 63.4 Å². The molecule has 59 heavy (non-hydrogen) atoms. The van der Waals surface area contributed by atoms with Crippen molar-refractivity contribution >= 4 is 47.3 Å². The Morgan fingerprint density at radius 1 is 0.695 bits per heavy atom. The normalized spacial score (nSPS) is 15.4. The van der Waals surface area contributed by atoms with E-state index < -0.39 is 78.2 Å². The van der Waals surface area contributed by atoms with Gasteiger partial charge in [-0.05, 0) is 41.9 Å². The Morgan fingerprint density at radius 2 is 1.22 bits per heavy atom. The van der Waals surface area contributed by atoms with E-state index in [4.69, 9.17) is 10.5 Å². The van der Waals surface area contributed by atoms with Crippen molar-refractivity contribution < 1.29 is 43.1 Å². The van der Waals surface area contributed by atoms with Crippen LogP contribution >= 0.6 is 0 Å². The Kier molecular flexibility index (Phi) is 17.6. The minimum absolute atomic E-state index is 0.0391. The van der Waals surface area contributed by atoms with E-state index in [9.17, 15) is 38.4 Å². The lowest BCUT2D eigenvalue weighted by atomic mass is 10.0. The Bertz CT molecular complexity index is 1910. The molecule has 0 bridgehead atoms. The molecule has 1 saturated heterocycles. The fourth-order valence-corrected chi connectivity index (χ4v) is 6.34. The Hall–Kier alpha value is -6.58. The van der Waals surface area contributed by atoms with Gasteiger partial charge in [-0.2, -0.15) is 0 Å². The number of hydrogen-bond donors (Lipinski definition) is 7. The first-order valence-corrected chi connectivity index (χ1v) is 19.6. The highest BCUT2D eigenvalue weighted by Gasteiger charge is 2.33. The van der Waals surface area contributed by atoms with Crippen molar-refractivity contribution in [3.63, 3.8) is 0 Å². The average Bonchev–Trinajstić information content (AvgIpc) is 3.66. The number of ether oxygens (including phenoxy) is 1. The highest BCUT2D eigenvalue weighted by molar-refractivity contribution is 5.97. The SMILES string of the molecule is CC(C)C[C@H](NC(=O)CNC(=O)[C@H](Cc1ccccc1)NC(=O)[C@H](Cc1ccccc1)NC(=O)[C@@H]1CCC(=O)N1)C(=O)N[C@@H](CCC(=O)OCc1ccccc1)C(N)=O. The van der Waals surface area contributed by atoms with Gasteiger partial charge in [-0.1, -0.05) is 105 Å². The molecule has 7 amide bonds. The summed E-state index contributed by atoms with van der Waals surface area (Å²) in [5, 5.41) is 15.7. The van der Waals surface area contributed by atoms with Crippen LogP contribution in [0.25, 0.3) is 0 Å². The lowest BCUT2D eigenvalue weighted by Crippen LogP contribution is -2.58. The summed E-state index contributed by atoms with van der Waals surface area (Å²) in [6.45, 7) is 3.13. The van der Waals surface area contributed by atoms with Crippen molar-refractivity contribution in [2.45, 2.75) is 95.6 Å². The largest absolute Gasteiger partial charge is 0.461 e. The average molecular weight is 812 g/mol. The maximum atomic E-state index is 13.9.